The quantitative estimate of drug-likeness (QED) is 0.236. The van der Waals surface area contributed by atoms with E-state index in [1.54, 1.807) is 13.1 Å². The van der Waals surface area contributed by atoms with Gasteiger partial charge in [-0.15, -0.1) is 0 Å². The number of carboxylic acid groups (broad SMARTS) is 1. The highest BCUT2D eigenvalue weighted by atomic mass is 32.2. The zero-order valence-corrected chi connectivity index (χ0v) is 30.3. The maximum atomic E-state index is 13.8. The third-order valence-electron chi connectivity index (χ3n) is 10.6. The summed E-state index contributed by atoms with van der Waals surface area (Å²) < 4.78 is 41.5. The van der Waals surface area contributed by atoms with E-state index in [9.17, 15) is 23.1 Å². The molecule has 3 heterocycles. The molecule has 1 amide bonds. The second-order valence-electron chi connectivity index (χ2n) is 14.3. The van der Waals surface area contributed by atoms with E-state index in [0.717, 1.165) is 43.6 Å². The van der Waals surface area contributed by atoms with Gasteiger partial charge in [-0.3, -0.25) is 9.69 Å². The monoisotopic (exact) mass is 715 g/mol. The minimum atomic E-state index is -3.92. The van der Waals surface area contributed by atoms with E-state index in [-0.39, 0.29) is 47.0 Å². The third kappa shape index (κ3) is 8.72. The van der Waals surface area contributed by atoms with E-state index in [2.05, 4.69) is 35.7 Å². The SMILES string of the molecule is C=C(C)[C@H]1C[C@@H]2CN(C(=O)C3CCN(Cc4ccccc4)CC3)CC[C@@H]2O[C@@H]1c1cc(S(=O)(=O)N(C)Cc2ccccc2)ccc1OCC(=O)O. The number of aliphatic carboxylic acids is 1. The Kier molecular flexibility index (Phi) is 11.6. The van der Waals surface area contributed by atoms with Crippen LogP contribution in [0.1, 0.15) is 55.4 Å². The van der Waals surface area contributed by atoms with Gasteiger partial charge in [-0.25, -0.2) is 13.2 Å². The highest BCUT2D eigenvalue weighted by Gasteiger charge is 2.44. The molecule has 3 aromatic rings. The fraction of sp³-hybridized carbons (Fsp3) is 0.450. The van der Waals surface area contributed by atoms with Gasteiger partial charge in [0.2, 0.25) is 15.9 Å². The molecule has 0 spiro atoms. The molecule has 272 valence electrons. The summed E-state index contributed by atoms with van der Waals surface area (Å²) >= 11 is 0. The first-order valence-corrected chi connectivity index (χ1v) is 19.3. The van der Waals surface area contributed by atoms with Gasteiger partial charge in [0.25, 0.3) is 0 Å². The van der Waals surface area contributed by atoms with E-state index < -0.39 is 28.7 Å². The fourth-order valence-electron chi connectivity index (χ4n) is 7.82. The number of carbonyl (C=O) groups excluding carboxylic acids is 1. The summed E-state index contributed by atoms with van der Waals surface area (Å²) in [4.78, 5) is 29.8. The van der Waals surface area contributed by atoms with Gasteiger partial charge in [0.1, 0.15) is 5.75 Å². The largest absolute Gasteiger partial charge is 0.482 e. The smallest absolute Gasteiger partial charge is 0.341 e. The topological polar surface area (TPSA) is 117 Å². The number of ether oxygens (including phenoxy) is 2. The van der Waals surface area contributed by atoms with Crippen molar-refractivity contribution in [1.29, 1.82) is 0 Å². The molecule has 0 aliphatic carbocycles. The Bertz CT molecular complexity index is 1790. The lowest BCUT2D eigenvalue weighted by molar-refractivity contribution is -0.156. The molecule has 0 aromatic heterocycles. The lowest BCUT2D eigenvalue weighted by Gasteiger charge is -2.48. The van der Waals surface area contributed by atoms with Gasteiger partial charge < -0.3 is 19.5 Å². The van der Waals surface area contributed by atoms with Crippen LogP contribution in [0.3, 0.4) is 0 Å². The molecule has 3 aromatic carbocycles. The molecule has 0 saturated carbocycles. The van der Waals surface area contributed by atoms with E-state index in [4.69, 9.17) is 9.47 Å². The zero-order valence-electron chi connectivity index (χ0n) is 29.5. The predicted molar refractivity (Wildman–Crippen MR) is 194 cm³/mol. The van der Waals surface area contributed by atoms with Crippen molar-refractivity contribution in [3.8, 4) is 5.75 Å². The Hall–Kier alpha value is -4.03. The number of carboxylic acids is 1. The zero-order chi connectivity index (χ0) is 36.1. The number of rotatable bonds is 12. The van der Waals surface area contributed by atoms with Crippen LogP contribution in [0.5, 0.6) is 5.75 Å². The molecule has 3 aliphatic rings. The van der Waals surface area contributed by atoms with Gasteiger partial charge in [-0.2, -0.15) is 4.31 Å². The second kappa shape index (κ2) is 16.1. The number of fused-ring (bicyclic) bond motifs is 1. The van der Waals surface area contributed by atoms with Gasteiger partial charge in [0.05, 0.1) is 17.1 Å². The van der Waals surface area contributed by atoms with Crippen molar-refractivity contribution in [2.75, 3.05) is 39.8 Å². The number of piperidine rings is 2. The normalized spacial score (nSPS) is 23.1. The predicted octanol–water partition coefficient (Wildman–Crippen LogP) is 5.75. The van der Waals surface area contributed by atoms with E-state index in [1.807, 2.05) is 48.2 Å². The van der Waals surface area contributed by atoms with Crippen LogP contribution >= 0.6 is 0 Å². The number of nitrogens with zero attached hydrogens (tertiary/aromatic N) is 3. The molecule has 0 unspecified atom stereocenters. The molecule has 3 saturated heterocycles. The van der Waals surface area contributed by atoms with Crippen molar-refractivity contribution in [3.05, 3.63) is 108 Å². The van der Waals surface area contributed by atoms with Crippen LogP contribution in [-0.4, -0.2) is 85.4 Å². The second-order valence-corrected chi connectivity index (χ2v) is 16.3. The number of benzene rings is 3. The Morgan fingerprint density at radius 2 is 1.63 bits per heavy atom. The summed E-state index contributed by atoms with van der Waals surface area (Å²) in [6.45, 7) is 9.72. The Morgan fingerprint density at radius 1 is 0.961 bits per heavy atom. The summed E-state index contributed by atoms with van der Waals surface area (Å²) in [6, 6.07) is 24.3. The van der Waals surface area contributed by atoms with Gasteiger partial charge >= 0.3 is 5.97 Å². The molecule has 4 atom stereocenters. The molecule has 6 rings (SSSR count). The number of hydrogen-bond acceptors (Lipinski definition) is 7. The number of sulfonamides is 1. The summed E-state index contributed by atoms with van der Waals surface area (Å²) in [5.41, 5.74) is 3.49. The first kappa shape index (κ1) is 36.8. The molecular weight excluding hydrogens is 667 g/mol. The molecule has 0 radical (unpaired) electrons. The van der Waals surface area contributed by atoms with Crippen molar-refractivity contribution < 1.29 is 32.6 Å². The van der Waals surface area contributed by atoms with Crippen molar-refractivity contribution in [2.45, 2.75) is 62.8 Å². The molecule has 3 fully saturated rings. The third-order valence-corrected chi connectivity index (χ3v) is 12.4. The first-order valence-electron chi connectivity index (χ1n) is 17.8. The average Bonchev–Trinajstić information content (AvgIpc) is 3.14. The Balaban J connectivity index is 1.16. The lowest BCUT2D eigenvalue weighted by atomic mass is 9.76. The number of carbonyl (C=O) groups is 2. The Labute approximate surface area is 301 Å². The fourth-order valence-corrected chi connectivity index (χ4v) is 9.02. The van der Waals surface area contributed by atoms with Crippen LogP contribution < -0.4 is 4.74 Å². The van der Waals surface area contributed by atoms with Crippen LogP contribution in [0.2, 0.25) is 0 Å². The summed E-state index contributed by atoms with van der Waals surface area (Å²) in [5.74, 6) is -0.742. The molecule has 10 nitrogen and oxygen atoms in total. The molecule has 11 heteroatoms. The molecule has 0 bridgehead atoms. The van der Waals surface area contributed by atoms with Gasteiger partial charge in [0.15, 0.2) is 6.61 Å². The maximum absolute atomic E-state index is 13.8. The molecule has 51 heavy (non-hydrogen) atoms. The highest BCUT2D eigenvalue weighted by Crippen LogP contribution is 2.47. The Morgan fingerprint density at radius 3 is 2.27 bits per heavy atom. The number of hydrogen-bond donors (Lipinski definition) is 1. The van der Waals surface area contributed by atoms with Gasteiger partial charge in [-0.1, -0.05) is 72.8 Å². The average molecular weight is 716 g/mol. The van der Waals surface area contributed by atoms with Crippen LogP contribution in [0, 0.1) is 17.8 Å². The van der Waals surface area contributed by atoms with E-state index >= 15 is 0 Å². The first-order chi connectivity index (χ1) is 24.5. The maximum Gasteiger partial charge on any atom is 0.341 e. The highest BCUT2D eigenvalue weighted by molar-refractivity contribution is 7.89. The van der Waals surface area contributed by atoms with Gasteiger partial charge in [0, 0.05) is 56.5 Å². The van der Waals surface area contributed by atoms with E-state index in [0.29, 0.717) is 31.5 Å². The van der Waals surface area contributed by atoms with Crippen molar-refractivity contribution >= 4 is 21.9 Å². The summed E-state index contributed by atoms with van der Waals surface area (Å²) in [5, 5.41) is 9.40. The number of amides is 1. The van der Waals surface area contributed by atoms with Crippen molar-refractivity contribution in [3.63, 3.8) is 0 Å². The van der Waals surface area contributed by atoms with Crippen LogP contribution in [0.25, 0.3) is 0 Å². The van der Waals surface area contributed by atoms with Crippen LogP contribution in [0.15, 0.2) is 95.9 Å². The standard InChI is InChI=1S/C40H49N3O7S/c1-28(2)34-22-32-26-43(40(46)31-16-19-42(20-17-31)25-30-12-8-5-9-13-30)21-18-36(32)50-39(34)35-23-33(14-15-37(35)49-27-38(44)45)51(47,48)41(3)24-29-10-6-4-7-11-29/h4-15,23,31-32,34,36,39H,1,16-22,24-27H2,2-3H3,(H,44,45)/t32-,34-,36+,39+/m1/s1. The van der Waals surface area contributed by atoms with E-state index in [1.165, 1.54) is 22.0 Å². The lowest BCUT2D eigenvalue weighted by Crippen LogP contribution is -2.52. The van der Waals surface area contributed by atoms with Crippen LogP contribution in [0.4, 0.5) is 0 Å². The molecule has 3 aliphatic heterocycles. The van der Waals surface area contributed by atoms with Crippen LogP contribution in [-0.2, 0) is 37.4 Å². The van der Waals surface area contributed by atoms with Crippen molar-refractivity contribution in [1.82, 2.24) is 14.1 Å². The van der Waals surface area contributed by atoms with Crippen molar-refractivity contribution in [2.24, 2.45) is 17.8 Å². The number of likely N-dealkylation sites (tertiary alicyclic amines) is 2. The minimum Gasteiger partial charge on any atom is -0.482 e. The van der Waals surface area contributed by atoms with Gasteiger partial charge in [-0.05, 0) is 75.0 Å². The molecular formula is C40H49N3O7S. The summed E-state index contributed by atoms with van der Waals surface area (Å²) in [6.07, 6.45) is 2.30. The molecule has 1 N–H and O–H groups in total. The minimum absolute atomic E-state index is 0.0152. The summed E-state index contributed by atoms with van der Waals surface area (Å²) in [7, 11) is -2.38.